The molecule has 138 valence electrons. The number of halogens is 1. The maximum atomic E-state index is 13.1. The van der Waals surface area contributed by atoms with Crippen LogP contribution in [0.25, 0.3) is 5.69 Å². The molecule has 27 heavy (non-hydrogen) atoms. The van der Waals surface area contributed by atoms with Crippen molar-refractivity contribution in [1.82, 2.24) is 30.0 Å². The standard InChI is InChI=1S/C19H19ClN6O/c20-16-6-7-17(18(12-16)26-14-21-22-23-26)19(27)25-10-8-24(9-11-25)13-15-4-2-1-3-5-15/h1-7,12,14H,8-11,13H2. The van der Waals surface area contributed by atoms with Crippen LogP contribution in [0.1, 0.15) is 15.9 Å². The molecule has 0 unspecified atom stereocenters. The van der Waals surface area contributed by atoms with Crippen molar-refractivity contribution in [2.75, 3.05) is 26.2 Å². The molecule has 0 saturated carbocycles. The molecule has 1 amide bonds. The third-order valence-corrected chi connectivity index (χ3v) is 4.93. The Kier molecular flexibility index (Phi) is 5.13. The highest BCUT2D eigenvalue weighted by atomic mass is 35.5. The minimum atomic E-state index is -0.0310. The first kappa shape index (κ1) is 17.6. The number of nitrogens with zero attached hydrogens (tertiary/aromatic N) is 6. The largest absolute Gasteiger partial charge is 0.336 e. The lowest BCUT2D eigenvalue weighted by Gasteiger charge is -2.35. The van der Waals surface area contributed by atoms with Gasteiger partial charge in [-0.1, -0.05) is 41.9 Å². The number of amides is 1. The summed E-state index contributed by atoms with van der Waals surface area (Å²) in [5.41, 5.74) is 2.42. The van der Waals surface area contributed by atoms with Crippen LogP contribution >= 0.6 is 11.6 Å². The molecular weight excluding hydrogens is 364 g/mol. The van der Waals surface area contributed by atoms with Gasteiger partial charge in [0.15, 0.2) is 0 Å². The summed E-state index contributed by atoms with van der Waals surface area (Å²) in [6.07, 6.45) is 1.46. The molecule has 1 aliphatic heterocycles. The van der Waals surface area contributed by atoms with Gasteiger partial charge in [0.2, 0.25) is 0 Å². The summed E-state index contributed by atoms with van der Waals surface area (Å²) < 4.78 is 1.46. The second-order valence-corrected chi connectivity index (χ2v) is 6.91. The summed E-state index contributed by atoms with van der Waals surface area (Å²) >= 11 is 6.11. The number of carbonyl (C=O) groups excluding carboxylic acids is 1. The summed E-state index contributed by atoms with van der Waals surface area (Å²) in [4.78, 5) is 17.3. The zero-order valence-electron chi connectivity index (χ0n) is 14.7. The smallest absolute Gasteiger partial charge is 0.256 e. The molecule has 1 fully saturated rings. The second-order valence-electron chi connectivity index (χ2n) is 6.47. The molecule has 0 radical (unpaired) electrons. The van der Waals surface area contributed by atoms with E-state index in [0.717, 1.165) is 19.6 Å². The van der Waals surface area contributed by atoms with Gasteiger partial charge < -0.3 is 4.90 Å². The third kappa shape index (κ3) is 3.99. The molecule has 0 bridgehead atoms. The summed E-state index contributed by atoms with van der Waals surface area (Å²) in [5.74, 6) is -0.0310. The molecule has 8 heteroatoms. The minimum Gasteiger partial charge on any atom is -0.336 e. The summed E-state index contributed by atoms with van der Waals surface area (Å²) in [6, 6.07) is 15.5. The van der Waals surface area contributed by atoms with Crippen molar-refractivity contribution in [3.63, 3.8) is 0 Å². The highest BCUT2D eigenvalue weighted by Gasteiger charge is 2.24. The Bertz CT molecular complexity index is 907. The second kappa shape index (κ2) is 7.85. The molecule has 2 heterocycles. The first-order chi connectivity index (χ1) is 13.2. The number of aromatic nitrogens is 4. The van der Waals surface area contributed by atoms with Gasteiger partial charge in [0.05, 0.1) is 11.3 Å². The van der Waals surface area contributed by atoms with Gasteiger partial charge in [-0.05, 0) is 34.2 Å². The van der Waals surface area contributed by atoms with Crippen LogP contribution in [0.15, 0.2) is 54.9 Å². The number of hydrogen-bond acceptors (Lipinski definition) is 5. The Morgan fingerprint density at radius 1 is 1.04 bits per heavy atom. The first-order valence-corrected chi connectivity index (χ1v) is 9.17. The minimum absolute atomic E-state index is 0.0310. The summed E-state index contributed by atoms with van der Waals surface area (Å²) in [5, 5.41) is 11.7. The van der Waals surface area contributed by atoms with Crippen molar-refractivity contribution in [3.8, 4) is 5.69 Å². The molecule has 7 nitrogen and oxygen atoms in total. The Labute approximate surface area is 162 Å². The van der Waals surface area contributed by atoms with Crippen molar-refractivity contribution in [1.29, 1.82) is 0 Å². The molecule has 1 aromatic heterocycles. The van der Waals surface area contributed by atoms with Gasteiger partial charge in [0, 0.05) is 37.7 Å². The number of carbonyl (C=O) groups is 1. The normalized spacial score (nSPS) is 15.1. The van der Waals surface area contributed by atoms with E-state index in [1.807, 2.05) is 11.0 Å². The van der Waals surface area contributed by atoms with Crippen molar-refractivity contribution >= 4 is 17.5 Å². The molecule has 0 spiro atoms. The summed E-state index contributed by atoms with van der Waals surface area (Å²) in [6.45, 7) is 3.95. The maximum absolute atomic E-state index is 13.1. The van der Waals surface area contributed by atoms with E-state index in [0.29, 0.717) is 29.4 Å². The quantitative estimate of drug-likeness (QED) is 0.692. The Morgan fingerprint density at radius 2 is 1.81 bits per heavy atom. The fraction of sp³-hybridized carbons (Fsp3) is 0.263. The highest BCUT2D eigenvalue weighted by Crippen LogP contribution is 2.21. The zero-order valence-corrected chi connectivity index (χ0v) is 15.5. The maximum Gasteiger partial charge on any atom is 0.256 e. The summed E-state index contributed by atoms with van der Waals surface area (Å²) in [7, 11) is 0. The molecule has 1 aliphatic rings. The molecule has 2 aromatic carbocycles. The van der Waals surface area contributed by atoms with Crippen LogP contribution in [0.5, 0.6) is 0 Å². The van der Waals surface area contributed by atoms with E-state index in [1.165, 1.54) is 16.6 Å². The predicted molar refractivity (Wildman–Crippen MR) is 102 cm³/mol. The SMILES string of the molecule is O=C(c1ccc(Cl)cc1-n1cnnn1)N1CCN(Cc2ccccc2)CC1. The van der Waals surface area contributed by atoms with Crippen LogP contribution in [0.4, 0.5) is 0 Å². The molecule has 3 aromatic rings. The monoisotopic (exact) mass is 382 g/mol. The Balaban J connectivity index is 1.46. The van der Waals surface area contributed by atoms with Crippen molar-refractivity contribution in [3.05, 3.63) is 71.0 Å². The number of hydrogen-bond donors (Lipinski definition) is 0. The molecule has 4 rings (SSSR count). The van der Waals surface area contributed by atoms with Crippen LogP contribution in [-0.4, -0.2) is 62.1 Å². The van der Waals surface area contributed by atoms with Gasteiger partial charge in [0.1, 0.15) is 6.33 Å². The molecule has 1 saturated heterocycles. The Hall–Kier alpha value is -2.77. The Morgan fingerprint density at radius 3 is 2.52 bits per heavy atom. The van der Waals surface area contributed by atoms with E-state index >= 15 is 0 Å². The number of benzene rings is 2. The van der Waals surface area contributed by atoms with Gasteiger partial charge in [-0.2, -0.15) is 4.68 Å². The van der Waals surface area contributed by atoms with E-state index in [-0.39, 0.29) is 5.91 Å². The molecule has 0 atom stereocenters. The average molecular weight is 383 g/mol. The van der Waals surface area contributed by atoms with Gasteiger partial charge >= 0.3 is 0 Å². The molecular formula is C19H19ClN6O. The van der Waals surface area contributed by atoms with Crippen molar-refractivity contribution < 1.29 is 4.79 Å². The van der Waals surface area contributed by atoms with Gasteiger partial charge in [-0.15, -0.1) is 5.10 Å². The topological polar surface area (TPSA) is 67.2 Å². The fourth-order valence-corrected chi connectivity index (χ4v) is 3.43. The van der Waals surface area contributed by atoms with Crippen LogP contribution in [0, 0.1) is 0 Å². The molecule has 0 N–H and O–H groups in total. The fourth-order valence-electron chi connectivity index (χ4n) is 3.27. The van der Waals surface area contributed by atoms with Gasteiger partial charge in [-0.25, -0.2) is 0 Å². The third-order valence-electron chi connectivity index (χ3n) is 4.69. The predicted octanol–water partition coefficient (Wildman–Crippen LogP) is 2.27. The number of rotatable bonds is 4. The van der Waals surface area contributed by atoms with E-state index in [2.05, 4.69) is 44.7 Å². The first-order valence-electron chi connectivity index (χ1n) is 8.79. The van der Waals surface area contributed by atoms with E-state index in [9.17, 15) is 4.79 Å². The van der Waals surface area contributed by atoms with Crippen molar-refractivity contribution in [2.24, 2.45) is 0 Å². The molecule has 0 aliphatic carbocycles. The lowest BCUT2D eigenvalue weighted by molar-refractivity contribution is 0.0628. The lowest BCUT2D eigenvalue weighted by Crippen LogP contribution is -2.48. The highest BCUT2D eigenvalue weighted by molar-refractivity contribution is 6.31. The zero-order chi connectivity index (χ0) is 18.6. The van der Waals surface area contributed by atoms with E-state index < -0.39 is 0 Å². The van der Waals surface area contributed by atoms with E-state index in [4.69, 9.17) is 11.6 Å². The van der Waals surface area contributed by atoms with Gasteiger partial charge in [-0.3, -0.25) is 9.69 Å². The van der Waals surface area contributed by atoms with E-state index in [1.54, 1.807) is 18.2 Å². The van der Waals surface area contributed by atoms with Crippen LogP contribution in [0.2, 0.25) is 5.02 Å². The van der Waals surface area contributed by atoms with Crippen LogP contribution in [0.3, 0.4) is 0 Å². The van der Waals surface area contributed by atoms with Crippen LogP contribution in [-0.2, 0) is 6.54 Å². The van der Waals surface area contributed by atoms with Crippen LogP contribution < -0.4 is 0 Å². The number of tetrazole rings is 1. The lowest BCUT2D eigenvalue weighted by atomic mass is 10.1. The van der Waals surface area contributed by atoms with Crippen molar-refractivity contribution in [2.45, 2.75) is 6.54 Å². The average Bonchev–Trinajstić information content (AvgIpc) is 3.24. The number of piperazine rings is 1. The van der Waals surface area contributed by atoms with Gasteiger partial charge in [0.25, 0.3) is 5.91 Å².